The summed E-state index contributed by atoms with van der Waals surface area (Å²) in [4.78, 5) is 62.2. The molecule has 0 aromatic heterocycles. The fourth-order valence-corrected chi connectivity index (χ4v) is 0.283. The number of carbonyl (C=O) groups is 7. The Morgan fingerprint density at radius 3 is 0.486 bits per heavy atom. The van der Waals surface area contributed by atoms with Crippen molar-refractivity contribution < 1.29 is 110 Å². The van der Waals surface area contributed by atoms with Crippen LogP contribution in [0.1, 0.15) is 48.5 Å². The summed E-state index contributed by atoms with van der Waals surface area (Å²) in [5, 5.41) is 65.4. The molecule has 21 heteroatoms. The minimum absolute atomic E-state index is 0. The number of hydrogen-bond acceptors (Lipinski definition) is 16. The van der Waals surface area contributed by atoms with Gasteiger partial charge in [0.25, 0.3) is 0 Å². The Kier molecular flexibility index (Phi) is 79.2. The van der Waals surface area contributed by atoms with E-state index in [1.165, 1.54) is 0 Å². The van der Waals surface area contributed by atoms with Gasteiger partial charge in [0.2, 0.25) is 0 Å². The van der Waals surface area contributed by atoms with Gasteiger partial charge in [-0.15, -0.1) is 0 Å². The molecule has 37 heavy (non-hydrogen) atoms. The molecular formula is C16H37FeN6O14. The average molecular weight is 593 g/mol. The maximum absolute atomic E-state index is 8.89. The van der Waals surface area contributed by atoms with Crippen LogP contribution in [0.5, 0.6) is 0 Å². The number of aliphatic carboxylic acids is 7. The number of hydrogen-bond donors (Lipinski definition) is 4. The smallest absolute Gasteiger partial charge is 0.550 e. The molecule has 0 aliphatic carbocycles. The van der Waals surface area contributed by atoms with Gasteiger partial charge >= 0.3 is 17.1 Å². The summed E-state index contributed by atoms with van der Waals surface area (Å²) in [5.74, 6) is 6.62. The standard InChI is InChI=1S/C2H12N6.7C2H4O2.Fe/c3-7(4)1-2-8(5)6;7*1-2(3)4;/h1-6H2;7*1H3,(H,3,4);/q;;;;;;;;+3/p-3. The van der Waals surface area contributed by atoms with Gasteiger partial charge in [-0.1, -0.05) is 0 Å². The summed E-state index contributed by atoms with van der Waals surface area (Å²) < 4.78 is 0. The minimum Gasteiger partial charge on any atom is -0.550 e. The van der Waals surface area contributed by atoms with Crippen molar-refractivity contribution in [2.24, 2.45) is 0 Å². The summed E-state index contributed by atoms with van der Waals surface area (Å²) in [6.45, 7) is 8.40. The van der Waals surface area contributed by atoms with Gasteiger partial charge in [0, 0.05) is 41.8 Å². The van der Waals surface area contributed by atoms with E-state index in [-0.39, 0.29) is 17.1 Å². The van der Waals surface area contributed by atoms with E-state index >= 15 is 0 Å². The van der Waals surface area contributed by atoms with Crippen LogP contribution in [-0.4, -0.2) is 65.1 Å². The molecule has 20 nitrogen and oxygen atoms in total. The fourth-order valence-electron chi connectivity index (χ4n) is 0.283. The van der Waals surface area contributed by atoms with E-state index in [1.807, 2.05) is 0 Å². The van der Waals surface area contributed by atoms with Crippen molar-refractivity contribution in [3.63, 3.8) is 0 Å². The van der Waals surface area contributed by atoms with Crippen LogP contribution in [0.4, 0.5) is 0 Å². The molecule has 0 aliphatic rings. The van der Waals surface area contributed by atoms with Crippen LogP contribution in [0, 0.1) is 0 Å². The molecule has 0 aliphatic heterocycles. The van der Waals surface area contributed by atoms with E-state index in [0.717, 1.165) is 61.6 Å². The molecule has 0 atom stereocenters. The van der Waals surface area contributed by atoms with Crippen LogP contribution in [0.2, 0.25) is 0 Å². The van der Waals surface area contributed by atoms with E-state index in [2.05, 4.69) is 23.4 Å². The summed E-state index contributed by atoms with van der Waals surface area (Å²) in [6, 6.07) is 0. The van der Waals surface area contributed by atoms with E-state index in [0.29, 0.717) is 0 Å². The molecule has 0 amide bonds. The Hall–Kier alpha value is -3.43. The molecule has 0 unspecified atom stereocenters. The number of rotatable bonds is 3. The van der Waals surface area contributed by atoms with Gasteiger partial charge in [0.1, 0.15) is 13.1 Å². The maximum atomic E-state index is 8.89. The van der Waals surface area contributed by atoms with Gasteiger partial charge < -0.3 is 69.3 Å². The molecule has 0 heterocycles. The Morgan fingerprint density at radius 1 is 0.405 bits per heavy atom. The van der Waals surface area contributed by atoms with Crippen molar-refractivity contribution in [2.75, 3.05) is 13.1 Å². The van der Waals surface area contributed by atoms with Crippen LogP contribution in [0.25, 0.3) is 0 Å². The van der Waals surface area contributed by atoms with Crippen molar-refractivity contribution in [3.05, 3.63) is 0 Å². The Balaban J connectivity index is -0.0000000351. The van der Waals surface area contributed by atoms with Crippen LogP contribution < -0.4 is 59.1 Å². The van der Waals surface area contributed by atoms with Crippen molar-refractivity contribution in [3.8, 4) is 0 Å². The molecule has 0 aromatic carbocycles. The number of quaternary nitrogens is 4. The van der Waals surface area contributed by atoms with Crippen molar-refractivity contribution in [2.45, 2.75) is 48.5 Å². The third kappa shape index (κ3) is 12400. The summed E-state index contributed by atoms with van der Waals surface area (Å²) in [6.07, 6.45) is 0. The Labute approximate surface area is 223 Å². The third-order valence-electron chi connectivity index (χ3n) is 0.732. The molecule has 0 bridgehead atoms. The monoisotopic (exact) mass is 593 g/mol. The molecule has 0 saturated carbocycles. The normalized spacial score (nSPS) is 7.16. The van der Waals surface area contributed by atoms with Gasteiger partial charge in [0.15, 0.2) is 0 Å². The first-order chi connectivity index (χ1) is 15.8. The molecule has 0 saturated heterocycles. The second-order valence-corrected chi connectivity index (χ2v) is 5.23. The van der Waals surface area contributed by atoms with E-state index in [9.17, 15) is 0 Å². The Morgan fingerprint density at radius 2 is 0.459 bits per heavy atom. The largest absolute Gasteiger partial charge is 3.00 e. The van der Waals surface area contributed by atoms with E-state index in [4.69, 9.17) is 69.3 Å². The molecular weight excluding hydrogens is 556 g/mol. The van der Waals surface area contributed by atoms with Gasteiger partial charge in [-0.3, -0.25) is 0 Å². The predicted octanol–water partition coefficient (Wildman–Crippen LogP) is -14.5. The zero-order valence-corrected chi connectivity index (χ0v) is 22.8. The second kappa shape index (κ2) is 49.6. The predicted molar refractivity (Wildman–Crippen MR) is 99.7 cm³/mol. The van der Waals surface area contributed by atoms with E-state index < -0.39 is 41.8 Å². The molecule has 12 N–H and O–H groups in total. The van der Waals surface area contributed by atoms with Crippen LogP contribution >= 0.6 is 0 Å². The molecule has 0 fully saturated rings. The van der Waals surface area contributed by atoms with E-state index in [1.54, 1.807) is 10.2 Å². The number of carboxylic acids is 7. The zero-order valence-electron chi connectivity index (χ0n) is 21.7. The molecule has 1 radical (unpaired) electrons. The topological polar surface area (TPSA) is 398 Å². The first kappa shape index (κ1) is 59.0. The molecule has 0 spiro atoms. The quantitative estimate of drug-likeness (QED) is 0.174. The van der Waals surface area contributed by atoms with Crippen LogP contribution in [-0.2, 0) is 50.6 Å². The Bertz CT molecular complexity index is 438. The number of carbonyl (C=O) groups excluding carboxylic acids is 7. The van der Waals surface area contributed by atoms with Crippen molar-refractivity contribution >= 4 is 41.8 Å². The van der Waals surface area contributed by atoms with Gasteiger partial charge in [-0.2, -0.15) is 0 Å². The molecule has 0 rings (SSSR count). The van der Waals surface area contributed by atoms with Gasteiger partial charge in [-0.05, 0) is 58.7 Å². The number of carboxylic acid groups (broad SMARTS) is 7. The first-order valence-electron chi connectivity index (χ1n) is 8.76. The summed E-state index contributed by atoms with van der Waals surface area (Å²) >= 11 is 0. The van der Waals surface area contributed by atoms with Crippen molar-refractivity contribution in [1.82, 2.24) is 10.2 Å². The first-order valence-corrected chi connectivity index (χ1v) is 8.76. The summed E-state index contributed by atoms with van der Waals surface area (Å²) in [5.41, 5.74) is 0. The van der Waals surface area contributed by atoms with Crippen LogP contribution in [0.3, 0.4) is 0 Å². The SMILES string of the molecule is CC(=O)[O-].CC(=O)[O-].CC(=O)[O-].CC(=O)[O-].CC(=O)[O-].CC(=O)[O-].CC(=O)[O-].[Fe+3].[NH3+]N([NH3+])CCN([NH3+])[NH3+]. The summed E-state index contributed by atoms with van der Waals surface area (Å²) in [7, 11) is 0. The molecule has 0 aromatic rings. The van der Waals surface area contributed by atoms with Crippen molar-refractivity contribution in [1.29, 1.82) is 0 Å². The van der Waals surface area contributed by atoms with Gasteiger partial charge in [-0.25, -0.2) is 23.4 Å². The van der Waals surface area contributed by atoms with Crippen LogP contribution in [0.15, 0.2) is 0 Å². The third-order valence-corrected chi connectivity index (χ3v) is 0.732. The second-order valence-electron chi connectivity index (χ2n) is 5.23. The average Bonchev–Trinajstić information content (AvgIpc) is 2.48. The fraction of sp³-hybridized carbons (Fsp3) is 0.562. The molecule has 223 valence electrons. The minimum atomic E-state index is -1.08. The maximum Gasteiger partial charge on any atom is 3.00 e. The zero-order chi connectivity index (χ0) is 31.6. The number of nitrogens with zero attached hydrogens (tertiary/aromatic N) is 2. The van der Waals surface area contributed by atoms with Gasteiger partial charge in [0.05, 0.1) is 0 Å².